The number of thioether (sulfide) groups is 2. The molecule has 0 aromatic rings. The first-order valence-electron chi connectivity index (χ1n) is 9.23. The van der Waals surface area contributed by atoms with Crippen LogP contribution >= 0.6 is 23.5 Å². The highest BCUT2D eigenvalue weighted by Crippen LogP contribution is 2.26. The average Bonchev–Trinajstić information content (AvgIpc) is 2.62. The monoisotopic (exact) mass is 426 g/mol. The molecule has 0 aliphatic carbocycles. The van der Waals surface area contributed by atoms with E-state index in [1.54, 1.807) is 13.8 Å². The lowest BCUT2D eigenvalue weighted by Crippen LogP contribution is -2.61. The maximum absolute atomic E-state index is 12.7. The summed E-state index contributed by atoms with van der Waals surface area (Å²) in [5, 5.41) is -0.544. The second-order valence-corrected chi connectivity index (χ2v) is 9.96. The van der Waals surface area contributed by atoms with Crippen molar-refractivity contribution in [2.24, 2.45) is 0 Å². The van der Waals surface area contributed by atoms with E-state index in [1.165, 1.54) is 9.80 Å². The molecular weight excluding hydrogens is 396 g/mol. The number of piperazine rings is 1. The summed E-state index contributed by atoms with van der Waals surface area (Å²) in [6, 6.07) is -0.530. The minimum Gasteiger partial charge on any atom is -0.329 e. The lowest BCUT2D eigenvalue weighted by Gasteiger charge is -2.42. The van der Waals surface area contributed by atoms with E-state index in [0.717, 1.165) is 23.5 Å². The summed E-state index contributed by atoms with van der Waals surface area (Å²) in [5.74, 6) is -1.13. The van der Waals surface area contributed by atoms with E-state index in [0.29, 0.717) is 24.2 Å². The highest BCUT2D eigenvalue weighted by Gasteiger charge is 2.40. The Bertz CT molecular complexity index is 634. The van der Waals surface area contributed by atoms with Gasteiger partial charge < -0.3 is 9.80 Å². The normalized spacial score (nSPS) is 19.1. The van der Waals surface area contributed by atoms with Crippen molar-refractivity contribution < 1.29 is 19.2 Å². The maximum Gasteiger partial charge on any atom is 0.312 e. The van der Waals surface area contributed by atoms with Gasteiger partial charge in [0.1, 0.15) is 0 Å². The Morgan fingerprint density at radius 3 is 1.32 bits per heavy atom. The highest BCUT2D eigenvalue weighted by molar-refractivity contribution is 8.14. The maximum atomic E-state index is 12.7. The molecule has 1 aliphatic rings. The molecule has 2 amide bonds. The van der Waals surface area contributed by atoms with Crippen LogP contribution in [0.3, 0.4) is 0 Å². The first-order chi connectivity index (χ1) is 12.9. The topological polar surface area (TPSA) is 74.8 Å². The zero-order valence-corrected chi connectivity index (χ0v) is 19.1. The summed E-state index contributed by atoms with van der Waals surface area (Å²) >= 11 is 2.26. The Labute approximate surface area is 176 Å². The SMILES string of the molecule is C=C(C)C(=O)SC(C)C(C)N1CCN(C(C)C(C)SC(=O)C(=C)C)C(=O)C1=O. The van der Waals surface area contributed by atoms with Gasteiger partial charge in [0.2, 0.25) is 10.2 Å². The van der Waals surface area contributed by atoms with E-state index >= 15 is 0 Å². The van der Waals surface area contributed by atoms with Crippen LogP contribution in [0.5, 0.6) is 0 Å². The van der Waals surface area contributed by atoms with Crippen LogP contribution < -0.4 is 0 Å². The molecule has 0 saturated carbocycles. The molecule has 156 valence electrons. The van der Waals surface area contributed by atoms with Crippen LogP contribution in [-0.4, -0.2) is 67.5 Å². The zero-order valence-electron chi connectivity index (χ0n) is 17.5. The van der Waals surface area contributed by atoms with Crippen molar-refractivity contribution >= 4 is 45.6 Å². The second-order valence-electron chi connectivity index (χ2n) is 7.26. The van der Waals surface area contributed by atoms with Gasteiger partial charge >= 0.3 is 11.8 Å². The van der Waals surface area contributed by atoms with Crippen molar-refractivity contribution in [1.29, 1.82) is 0 Å². The molecule has 8 heteroatoms. The molecule has 0 spiro atoms. The van der Waals surface area contributed by atoms with Gasteiger partial charge in [-0.05, 0) is 38.8 Å². The fraction of sp³-hybridized carbons (Fsp3) is 0.600. The van der Waals surface area contributed by atoms with Crippen molar-refractivity contribution in [2.75, 3.05) is 13.1 Å². The predicted molar refractivity (Wildman–Crippen MR) is 116 cm³/mol. The van der Waals surface area contributed by atoms with Gasteiger partial charge in [-0.15, -0.1) is 0 Å². The van der Waals surface area contributed by atoms with Gasteiger partial charge in [-0.3, -0.25) is 19.2 Å². The number of carbonyl (C=O) groups is 4. The molecule has 0 N–H and O–H groups in total. The number of carbonyl (C=O) groups excluding carboxylic acids is 4. The highest BCUT2D eigenvalue weighted by atomic mass is 32.2. The number of hydrogen-bond donors (Lipinski definition) is 0. The predicted octanol–water partition coefficient (Wildman–Crippen LogP) is 2.88. The number of nitrogens with zero attached hydrogens (tertiary/aromatic N) is 2. The molecule has 0 radical (unpaired) electrons. The molecule has 1 aliphatic heterocycles. The van der Waals surface area contributed by atoms with E-state index in [2.05, 4.69) is 13.2 Å². The van der Waals surface area contributed by atoms with Gasteiger partial charge in [0.05, 0.1) is 0 Å². The first kappa shape index (κ1) is 24.5. The van der Waals surface area contributed by atoms with E-state index in [4.69, 9.17) is 0 Å². The summed E-state index contributed by atoms with van der Waals surface area (Å²) in [6.45, 7) is 18.8. The molecule has 0 aromatic carbocycles. The fourth-order valence-corrected chi connectivity index (χ4v) is 4.45. The molecule has 6 nitrogen and oxygen atoms in total. The molecule has 28 heavy (non-hydrogen) atoms. The van der Waals surface area contributed by atoms with E-state index in [-0.39, 0.29) is 32.8 Å². The Morgan fingerprint density at radius 2 is 1.07 bits per heavy atom. The smallest absolute Gasteiger partial charge is 0.312 e. The van der Waals surface area contributed by atoms with E-state index < -0.39 is 11.8 Å². The van der Waals surface area contributed by atoms with Crippen LogP contribution in [0.25, 0.3) is 0 Å². The number of hydrogen-bond acceptors (Lipinski definition) is 6. The van der Waals surface area contributed by atoms with E-state index in [9.17, 15) is 19.2 Å². The lowest BCUT2D eigenvalue weighted by molar-refractivity contribution is -0.159. The Balaban J connectivity index is 2.78. The van der Waals surface area contributed by atoms with Crippen LogP contribution in [0.15, 0.2) is 24.3 Å². The summed E-state index contributed by atoms with van der Waals surface area (Å²) < 4.78 is 0. The largest absolute Gasteiger partial charge is 0.329 e. The van der Waals surface area contributed by atoms with Crippen molar-refractivity contribution in [2.45, 2.75) is 64.1 Å². The van der Waals surface area contributed by atoms with Crippen LogP contribution in [0.4, 0.5) is 0 Å². The molecule has 1 rings (SSSR count). The average molecular weight is 427 g/mol. The number of amides is 2. The Hall–Kier alpha value is -1.54. The molecule has 1 heterocycles. The second kappa shape index (κ2) is 10.3. The van der Waals surface area contributed by atoms with Crippen LogP contribution in [0, 0.1) is 0 Å². The van der Waals surface area contributed by atoms with Crippen molar-refractivity contribution in [3.8, 4) is 0 Å². The lowest BCUT2D eigenvalue weighted by atomic mass is 10.1. The van der Waals surface area contributed by atoms with Crippen molar-refractivity contribution in [1.82, 2.24) is 9.80 Å². The zero-order chi connectivity index (χ0) is 21.8. The summed E-state index contributed by atoms with van der Waals surface area (Å²) in [7, 11) is 0. The molecule has 4 atom stereocenters. The molecule has 0 bridgehead atoms. The van der Waals surface area contributed by atoms with Gasteiger partial charge in [0.25, 0.3) is 0 Å². The van der Waals surface area contributed by atoms with Crippen molar-refractivity contribution in [3.63, 3.8) is 0 Å². The molecule has 1 fully saturated rings. The van der Waals surface area contributed by atoms with E-state index in [1.807, 2.05) is 27.7 Å². The molecule has 0 aromatic heterocycles. The molecular formula is C20H30N2O4S2. The van der Waals surface area contributed by atoms with Gasteiger partial charge in [-0.25, -0.2) is 0 Å². The summed E-state index contributed by atoms with van der Waals surface area (Å²) in [6.07, 6.45) is 0. The summed E-state index contributed by atoms with van der Waals surface area (Å²) in [5.41, 5.74) is 0.918. The third kappa shape index (κ3) is 5.98. The Morgan fingerprint density at radius 1 is 0.786 bits per heavy atom. The van der Waals surface area contributed by atoms with Gasteiger partial charge in [-0.1, -0.05) is 50.5 Å². The van der Waals surface area contributed by atoms with Crippen LogP contribution in [0.1, 0.15) is 41.5 Å². The van der Waals surface area contributed by atoms with Crippen LogP contribution in [0.2, 0.25) is 0 Å². The standard InChI is InChI=1S/C20H30N2O4S2/c1-11(2)19(25)27-15(7)13(5)21-9-10-22(18(24)17(21)23)14(6)16(8)28-20(26)12(3)4/h13-16H,1,3,9-10H2,2,4-8H3. The quantitative estimate of drug-likeness (QED) is 0.439. The first-order valence-corrected chi connectivity index (χ1v) is 11.0. The Kier molecular flexibility index (Phi) is 9.01. The third-order valence-corrected chi connectivity index (χ3v) is 7.57. The fourth-order valence-electron chi connectivity index (χ4n) is 2.68. The van der Waals surface area contributed by atoms with Crippen LogP contribution in [-0.2, 0) is 19.2 Å². The van der Waals surface area contributed by atoms with Crippen molar-refractivity contribution in [3.05, 3.63) is 24.3 Å². The minimum absolute atomic E-state index is 0.113. The minimum atomic E-state index is -0.566. The summed E-state index contributed by atoms with van der Waals surface area (Å²) in [4.78, 5) is 52.2. The van der Waals surface area contributed by atoms with Gasteiger partial charge in [0, 0.05) is 35.7 Å². The number of rotatable bonds is 8. The molecule has 4 unspecified atom stereocenters. The van der Waals surface area contributed by atoms with Gasteiger partial charge in [-0.2, -0.15) is 0 Å². The molecule has 1 saturated heterocycles. The third-order valence-electron chi connectivity index (χ3n) is 4.91. The van der Waals surface area contributed by atoms with Gasteiger partial charge in [0.15, 0.2) is 0 Å².